The van der Waals surface area contributed by atoms with Gasteiger partial charge in [0.1, 0.15) is 0 Å². The third kappa shape index (κ3) is 4.38. The third-order valence-corrected chi connectivity index (χ3v) is 6.09. The van der Waals surface area contributed by atoms with Gasteiger partial charge in [0.15, 0.2) is 0 Å². The Morgan fingerprint density at radius 1 is 1.10 bits per heavy atom. The summed E-state index contributed by atoms with van der Waals surface area (Å²) in [6, 6.07) is 19.9. The van der Waals surface area contributed by atoms with Gasteiger partial charge in [-0.2, -0.15) is 5.10 Å². The molecule has 3 aromatic rings. The van der Waals surface area contributed by atoms with Crippen LogP contribution in [-0.2, 0) is 10.0 Å². The molecule has 0 fully saturated rings. The molecular weight excluding hydrogens is 406 g/mol. The van der Waals surface area contributed by atoms with Gasteiger partial charge in [-0.1, -0.05) is 36.4 Å². The molecule has 1 aliphatic heterocycles. The molecule has 148 valence electrons. The fraction of sp³-hybridized carbons (Fsp3) is 0.143. The number of rotatable bonds is 5. The largest absolute Gasteiger partial charge is 0.284 e. The summed E-state index contributed by atoms with van der Waals surface area (Å²) < 4.78 is 25.6. The van der Waals surface area contributed by atoms with Crippen LogP contribution in [0, 0.1) is 0 Å². The summed E-state index contributed by atoms with van der Waals surface area (Å²) in [5.41, 5.74) is 2.56. The van der Waals surface area contributed by atoms with Crippen molar-refractivity contribution in [2.24, 2.45) is 5.10 Å². The van der Waals surface area contributed by atoms with Gasteiger partial charge in [0.2, 0.25) is 10.0 Å². The quantitative estimate of drug-likeness (QED) is 0.668. The SMILES string of the molecule is CS(=O)(=O)Nc1cccc(C2=NN(C(=O)c3ccccc3)[C@@H](c3cccs3)C2)c1. The van der Waals surface area contributed by atoms with Gasteiger partial charge in [0.05, 0.1) is 18.0 Å². The number of thiophene rings is 1. The highest BCUT2D eigenvalue weighted by Crippen LogP contribution is 2.36. The number of nitrogens with zero attached hydrogens (tertiary/aromatic N) is 2. The van der Waals surface area contributed by atoms with Crippen molar-refractivity contribution in [2.75, 3.05) is 11.0 Å². The van der Waals surface area contributed by atoms with Crippen molar-refractivity contribution in [2.45, 2.75) is 12.5 Å². The summed E-state index contributed by atoms with van der Waals surface area (Å²) in [5.74, 6) is -0.163. The summed E-state index contributed by atoms with van der Waals surface area (Å²) in [6.07, 6.45) is 1.67. The van der Waals surface area contributed by atoms with E-state index in [-0.39, 0.29) is 11.9 Å². The smallest absolute Gasteiger partial charge is 0.274 e. The van der Waals surface area contributed by atoms with E-state index < -0.39 is 10.0 Å². The van der Waals surface area contributed by atoms with Gasteiger partial charge in [-0.25, -0.2) is 13.4 Å². The number of nitrogens with one attached hydrogen (secondary N) is 1. The number of hydrogen-bond acceptors (Lipinski definition) is 5. The highest BCUT2D eigenvalue weighted by molar-refractivity contribution is 7.92. The highest BCUT2D eigenvalue weighted by Gasteiger charge is 2.34. The van der Waals surface area contributed by atoms with Crippen LogP contribution in [0.15, 0.2) is 77.2 Å². The minimum absolute atomic E-state index is 0.163. The van der Waals surface area contributed by atoms with Crippen LogP contribution in [0.1, 0.15) is 33.3 Å². The van der Waals surface area contributed by atoms with Crippen LogP contribution in [0.5, 0.6) is 0 Å². The van der Waals surface area contributed by atoms with Crippen molar-refractivity contribution in [1.82, 2.24) is 5.01 Å². The van der Waals surface area contributed by atoms with E-state index in [0.29, 0.717) is 17.7 Å². The van der Waals surface area contributed by atoms with Crippen LogP contribution < -0.4 is 4.72 Å². The molecule has 0 unspecified atom stereocenters. The first-order valence-corrected chi connectivity index (χ1v) is 11.8. The molecule has 0 saturated heterocycles. The molecule has 4 rings (SSSR count). The average molecular weight is 426 g/mol. The van der Waals surface area contributed by atoms with Crippen LogP contribution in [0.4, 0.5) is 5.69 Å². The molecule has 0 saturated carbocycles. The maximum absolute atomic E-state index is 13.1. The maximum atomic E-state index is 13.1. The van der Waals surface area contributed by atoms with Crippen molar-refractivity contribution in [1.29, 1.82) is 0 Å². The number of benzene rings is 2. The zero-order chi connectivity index (χ0) is 20.4. The molecule has 1 aromatic heterocycles. The zero-order valence-corrected chi connectivity index (χ0v) is 17.3. The van der Waals surface area contributed by atoms with E-state index >= 15 is 0 Å². The molecule has 0 aliphatic carbocycles. The molecular formula is C21H19N3O3S2. The normalized spacial score (nSPS) is 16.5. The van der Waals surface area contributed by atoms with Gasteiger partial charge in [-0.3, -0.25) is 9.52 Å². The van der Waals surface area contributed by atoms with Gasteiger partial charge in [-0.15, -0.1) is 11.3 Å². The van der Waals surface area contributed by atoms with Gasteiger partial charge in [0.25, 0.3) is 5.91 Å². The maximum Gasteiger partial charge on any atom is 0.274 e. The van der Waals surface area contributed by atoms with Crippen LogP contribution in [0.3, 0.4) is 0 Å². The second-order valence-corrected chi connectivity index (χ2v) is 9.48. The van der Waals surface area contributed by atoms with Crippen molar-refractivity contribution < 1.29 is 13.2 Å². The zero-order valence-electron chi connectivity index (χ0n) is 15.6. The molecule has 2 aromatic carbocycles. The Kier molecular flexibility index (Phi) is 5.21. The van der Waals surface area contributed by atoms with Gasteiger partial charge in [-0.05, 0) is 41.3 Å². The first-order valence-electron chi connectivity index (χ1n) is 8.98. The molecule has 29 heavy (non-hydrogen) atoms. The van der Waals surface area contributed by atoms with Crippen LogP contribution in [0.2, 0.25) is 0 Å². The molecule has 1 atom stereocenters. The second-order valence-electron chi connectivity index (χ2n) is 6.75. The molecule has 1 amide bonds. The molecule has 8 heteroatoms. The summed E-state index contributed by atoms with van der Waals surface area (Å²) in [4.78, 5) is 14.2. The lowest BCUT2D eigenvalue weighted by Gasteiger charge is -2.20. The summed E-state index contributed by atoms with van der Waals surface area (Å²) >= 11 is 1.59. The average Bonchev–Trinajstić information content (AvgIpc) is 3.37. The number of carbonyl (C=O) groups excluding carboxylic acids is 1. The molecule has 0 bridgehead atoms. The number of amides is 1. The van der Waals surface area contributed by atoms with E-state index in [1.807, 2.05) is 41.8 Å². The van der Waals surface area contributed by atoms with Crippen LogP contribution in [0.25, 0.3) is 0 Å². The van der Waals surface area contributed by atoms with Crippen molar-refractivity contribution >= 4 is 38.7 Å². The van der Waals surface area contributed by atoms with E-state index in [4.69, 9.17) is 0 Å². The summed E-state index contributed by atoms with van der Waals surface area (Å²) in [5, 5.41) is 8.16. The number of hydrazone groups is 1. The predicted molar refractivity (Wildman–Crippen MR) is 116 cm³/mol. The van der Waals surface area contributed by atoms with Crippen LogP contribution >= 0.6 is 11.3 Å². The summed E-state index contributed by atoms with van der Waals surface area (Å²) in [6.45, 7) is 0. The Hall–Kier alpha value is -2.97. The number of hydrogen-bond donors (Lipinski definition) is 1. The molecule has 0 radical (unpaired) electrons. The number of sulfonamides is 1. The molecule has 2 heterocycles. The van der Waals surface area contributed by atoms with E-state index in [0.717, 1.165) is 22.4 Å². The lowest BCUT2D eigenvalue weighted by molar-refractivity contribution is 0.0714. The molecule has 1 aliphatic rings. The standard InChI is InChI=1S/C21H19N3O3S2/c1-29(26,27)23-17-10-5-9-16(13-17)18-14-19(20-11-6-12-28-20)24(22-18)21(25)15-7-3-2-4-8-15/h2-13,19,23H,14H2,1H3/t19-/m1/s1. The Balaban J connectivity index is 1.69. The first kappa shape index (κ1) is 19.4. The fourth-order valence-electron chi connectivity index (χ4n) is 3.26. The summed E-state index contributed by atoms with van der Waals surface area (Å²) in [7, 11) is -3.38. The minimum atomic E-state index is -3.38. The van der Waals surface area contributed by atoms with Crippen LogP contribution in [-0.4, -0.2) is 31.3 Å². The Bertz CT molecular complexity index is 1160. The first-order chi connectivity index (χ1) is 13.9. The monoisotopic (exact) mass is 425 g/mol. The highest BCUT2D eigenvalue weighted by atomic mass is 32.2. The van der Waals surface area contributed by atoms with E-state index in [1.165, 1.54) is 5.01 Å². The van der Waals surface area contributed by atoms with Crippen molar-refractivity contribution in [3.63, 3.8) is 0 Å². The van der Waals surface area contributed by atoms with Gasteiger partial charge in [0, 0.05) is 22.5 Å². The molecule has 6 nitrogen and oxygen atoms in total. The Labute approximate surface area is 173 Å². The third-order valence-electron chi connectivity index (χ3n) is 4.51. The topological polar surface area (TPSA) is 78.8 Å². The second kappa shape index (κ2) is 7.81. The van der Waals surface area contributed by atoms with Crippen molar-refractivity contribution in [3.8, 4) is 0 Å². The number of carbonyl (C=O) groups is 1. The lowest BCUT2D eigenvalue weighted by atomic mass is 10.0. The van der Waals surface area contributed by atoms with Gasteiger partial charge < -0.3 is 0 Å². The molecule has 0 spiro atoms. The lowest BCUT2D eigenvalue weighted by Crippen LogP contribution is -2.26. The fourth-order valence-corrected chi connectivity index (χ4v) is 4.63. The molecule has 1 N–H and O–H groups in total. The number of anilines is 1. The Morgan fingerprint density at radius 3 is 2.59 bits per heavy atom. The van der Waals surface area contributed by atoms with Crippen molar-refractivity contribution in [3.05, 3.63) is 88.1 Å². The Morgan fingerprint density at radius 2 is 1.90 bits per heavy atom. The van der Waals surface area contributed by atoms with E-state index in [9.17, 15) is 13.2 Å². The minimum Gasteiger partial charge on any atom is -0.284 e. The van der Waals surface area contributed by atoms with E-state index in [1.54, 1.807) is 41.7 Å². The predicted octanol–water partition coefficient (Wildman–Crippen LogP) is 4.11. The van der Waals surface area contributed by atoms with E-state index in [2.05, 4.69) is 9.82 Å². The van der Waals surface area contributed by atoms with Gasteiger partial charge >= 0.3 is 0 Å².